The van der Waals surface area contributed by atoms with Crippen molar-refractivity contribution in [2.75, 3.05) is 24.7 Å². The number of rotatable bonds is 5. The molecule has 0 aliphatic heterocycles. The highest BCUT2D eigenvalue weighted by molar-refractivity contribution is 5.95. The Kier molecular flexibility index (Phi) is 3.69. The fourth-order valence-electron chi connectivity index (χ4n) is 1.98. The van der Waals surface area contributed by atoms with E-state index in [9.17, 15) is 4.79 Å². The van der Waals surface area contributed by atoms with Crippen LogP contribution in [0.1, 0.15) is 30.1 Å². The van der Waals surface area contributed by atoms with Gasteiger partial charge in [-0.15, -0.1) is 0 Å². The summed E-state index contributed by atoms with van der Waals surface area (Å²) in [6.07, 6.45) is 4.15. The van der Waals surface area contributed by atoms with Crippen LogP contribution in [0.3, 0.4) is 0 Å². The van der Waals surface area contributed by atoms with Crippen molar-refractivity contribution in [2.24, 2.45) is 11.8 Å². The van der Waals surface area contributed by atoms with E-state index in [1.807, 2.05) is 0 Å². The molecule has 0 bridgehead atoms. The molecule has 18 heavy (non-hydrogen) atoms. The smallest absolute Gasteiger partial charge is 0.341 e. The zero-order chi connectivity index (χ0) is 13.1. The van der Waals surface area contributed by atoms with Crippen LogP contribution in [0.4, 0.5) is 11.5 Å². The van der Waals surface area contributed by atoms with Crippen LogP contribution in [0.15, 0.2) is 12.3 Å². The Morgan fingerprint density at radius 1 is 1.67 bits per heavy atom. The summed E-state index contributed by atoms with van der Waals surface area (Å²) < 4.78 is 4.72. The second-order valence-electron chi connectivity index (χ2n) is 4.85. The zero-order valence-electron chi connectivity index (χ0n) is 10.8. The molecule has 0 saturated heterocycles. The van der Waals surface area contributed by atoms with Gasteiger partial charge in [0.05, 0.1) is 19.0 Å². The van der Waals surface area contributed by atoms with Crippen LogP contribution in [0, 0.1) is 11.8 Å². The number of hydrogen-bond acceptors (Lipinski definition) is 5. The summed E-state index contributed by atoms with van der Waals surface area (Å²) in [5, 5.41) is 3.21. The maximum Gasteiger partial charge on any atom is 0.341 e. The van der Waals surface area contributed by atoms with Gasteiger partial charge in [-0.1, -0.05) is 6.92 Å². The Morgan fingerprint density at radius 2 is 2.39 bits per heavy atom. The maximum absolute atomic E-state index is 11.6. The molecule has 1 aliphatic rings. The molecule has 1 aromatic heterocycles. The van der Waals surface area contributed by atoms with Gasteiger partial charge in [-0.2, -0.15) is 0 Å². The second kappa shape index (κ2) is 5.25. The molecule has 2 rings (SSSR count). The van der Waals surface area contributed by atoms with E-state index in [4.69, 9.17) is 10.5 Å². The second-order valence-corrected chi connectivity index (χ2v) is 4.85. The van der Waals surface area contributed by atoms with Gasteiger partial charge in [-0.25, -0.2) is 9.78 Å². The number of hydrogen-bond donors (Lipinski definition) is 2. The largest absolute Gasteiger partial charge is 0.465 e. The number of ether oxygens (including phenoxy) is 1. The van der Waals surface area contributed by atoms with Gasteiger partial charge in [0, 0.05) is 6.54 Å². The van der Waals surface area contributed by atoms with E-state index >= 15 is 0 Å². The van der Waals surface area contributed by atoms with Crippen molar-refractivity contribution in [2.45, 2.75) is 19.8 Å². The molecule has 5 heteroatoms. The number of anilines is 2. The molecule has 1 saturated carbocycles. The molecule has 0 amide bonds. The van der Waals surface area contributed by atoms with Gasteiger partial charge in [0.25, 0.3) is 0 Å². The maximum atomic E-state index is 11.6. The van der Waals surface area contributed by atoms with E-state index in [-0.39, 0.29) is 0 Å². The SMILES string of the molecule is COC(=O)c1cc(N)cnc1NCC(C)C1CC1. The van der Waals surface area contributed by atoms with Crippen LogP contribution in [0.2, 0.25) is 0 Å². The molecular weight excluding hydrogens is 230 g/mol. The number of esters is 1. The lowest BCUT2D eigenvalue weighted by atomic mass is 10.1. The van der Waals surface area contributed by atoms with Crippen molar-refractivity contribution < 1.29 is 9.53 Å². The molecule has 1 fully saturated rings. The minimum absolute atomic E-state index is 0.389. The van der Waals surface area contributed by atoms with E-state index < -0.39 is 5.97 Å². The van der Waals surface area contributed by atoms with Crippen molar-refractivity contribution in [3.63, 3.8) is 0 Å². The normalized spacial score (nSPS) is 16.1. The number of pyridine rings is 1. The lowest BCUT2D eigenvalue weighted by molar-refractivity contribution is 0.0601. The average Bonchev–Trinajstić information content (AvgIpc) is 3.20. The predicted molar refractivity (Wildman–Crippen MR) is 70.4 cm³/mol. The minimum Gasteiger partial charge on any atom is -0.465 e. The lowest BCUT2D eigenvalue weighted by Gasteiger charge is -2.14. The van der Waals surface area contributed by atoms with Gasteiger partial charge >= 0.3 is 5.97 Å². The Morgan fingerprint density at radius 3 is 3.00 bits per heavy atom. The number of methoxy groups -OCH3 is 1. The van der Waals surface area contributed by atoms with Crippen molar-refractivity contribution in [1.29, 1.82) is 0 Å². The van der Waals surface area contributed by atoms with Crippen molar-refractivity contribution in [3.05, 3.63) is 17.8 Å². The van der Waals surface area contributed by atoms with Crippen LogP contribution >= 0.6 is 0 Å². The predicted octanol–water partition coefficient (Wildman–Crippen LogP) is 1.91. The molecule has 1 aromatic rings. The molecule has 0 spiro atoms. The summed E-state index contributed by atoms with van der Waals surface area (Å²) in [5.41, 5.74) is 6.48. The molecule has 98 valence electrons. The standard InChI is InChI=1S/C13H19N3O2/c1-8(9-3-4-9)6-15-12-11(13(17)18-2)5-10(14)7-16-12/h5,7-9H,3-4,6,14H2,1-2H3,(H,15,16). The van der Waals surface area contributed by atoms with E-state index in [1.165, 1.54) is 26.1 Å². The summed E-state index contributed by atoms with van der Waals surface area (Å²) in [6.45, 7) is 3.02. The van der Waals surface area contributed by atoms with Gasteiger partial charge in [0.15, 0.2) is 0 Å². The Bertz CT molecular complexity index is 444. The number of aromatic nitrogens is 1. The number of nitrogens with zero attached hydrogens (tertiary/aromatic N) is 1. The Balaban J connectivity index is 2.08. The van der Waals surface area contributed by atoms with Crippen LogP contribution in [0.5, 0.6) is 0 Å². The van der Waals surface area contributed by atoms with Crippen molar-refractivity contribution in [1.82, 2.24) is 4.98 Å². The fraction of sp³-hybridized carbons (Fsp3) is 0.538. The van der Waals surface area contributed by atoms with Gasteiger partial charge in [-0.3, -0.25) is 0 Å². The number of nitrogens with one attached hydrogen (secondary N) is 1. The Labute approximate surface area is 107 Å². The number of carbonyl (C=O) groups is 1. The first-order valence-corrected chi connectivity index (χ1v) is 6.19. The molecule has 1 unspecified atom stereocenters. The molecule has 3 N–H and O–H groups in total. The summed E-state index contributed by atoms with van der Waals surface area (Å²) in [4.78, 5) is 15.8. The highest BCUT2D eigenvalue weighted by atomic mass is 16.5. The highest BCUT2D eigenvalue weighted by Gasteiger charge is 2.27. The molecule has 0 radical (unpaired) electrons. The molecule has 1 atom stereocenters. The third-order valence-electron chi connectivity index (χ3n) is 3.33. The number of nitrogen functional groups attached to an aromatic ring is 1. The first-order chi connectivity index (χ1) is 8.61. The zero-order valence-corrected chi connectivity index (χ0v) is 10.8. The topological polar surface area (TPSA) is 77.2 Å². The van der Waals surface area contributed by atoms with Gasteiger partial charge in [0.1, 0.15) is 11.4 Å². The molecule has 5 nitrogen and oxygen atoms in total. The van der Waals surface area contributed by atoms with Crippen LogP contribution in [0.25, 0.3) is 0 Å². The van der Waals surface area contributed by atoms with Crippen LogP contribution in [-0.2, 0) is 4.74 Å². The van der Waals surface area contributed by atoms with Crippen LogP contribution in [-0.4, -0.2) is 24.6 Å². The first kappa shape index (κ1) is 12.7. The van der Waals surface area contributed by atoms with Crippen molar-refractivity contribution >= 4 is 17.5 Å². The highest BCUT2D eigenvalue weighted by Crippen LogP contribution is 2.36. The molecule has 0 aromatic carbocycles. The average molecular weight is 249 g/mol. The number of nitrogens with two attached hydrogens (primary N) is 1. The summed E-state index contributed by atoms with van der Waals surface area (Å²) in [7, 11) is 1.35. The molecular formula is C13H19N3O2. The van der Waals surface area contributed by atoms with E-state index in [2.05, 4.69) is 17.2 Å². The van der Waals surface area contributed by atoms with E-state index in [0.717, 1.165) is 12.5 Å². The molecule has 1 aliphatic carbocycles. The van der Waals surface area contributed by atoms with Gasteiger partial charge in [0.2, 0.25) is 0 Å². The van der Waals surface area contributed by atoms with Crippen LogP contribution < -0.4 is 11.1 Å². The summed E-state index contributed by atoms with van der Waals surface area (Å²) in [5.74, 6) is 1.53. The first-order valence-electron chi connectivity index (χ1n) is 6.19. The fourth-order valence-corrected chi connectivity index (χ4v) is 1.98. The summed E-state index contributed by atoms with van der Waals surface area (Å²) >= 11 is 0. The van der Waals surface area contributed by atoms with Gasteiger partial charge in [-0.05, 0) is 30.7 Å². The third-order valence-corrected chi connectivity index (χ3v) is 3.33. The summed E-state index contributed by atoms with van der Waals surface area (Å²) in [6, 6.07) is 1.59. The Hall–Kier alpha value is -1.78. The number of carbonyl (C=O) groups excluding carboxylic acids is 1. The monoisotopic (exact) mass is 249 g/mol. The van der Waals surface area contributed by atoms with Crippen molar-refractivity contribution in [3.8, 4) is 0 Å². The lowest BCUT2D eigenvalue weighted by Crippen LogP contribution is -2.17. The minimum atomic E-state index is -0.420. The van der Waals surface area contributed by atoms with E-state index in [1.54, 1.807) is 6.07 Å². The third kappa shape index (κ3) is 2.91. The van der Waals surface area contributed by atoms with Gasteiger partial charge < -0.3 is 15.8 Å². The van der Waals surface area contributed by atoms with E-state index in [0.29, 0.717) is 23.0 Å². The molecule has 1 heterocycles. The quantitative estimate of drug-likeness (QED) is 0.779.